The second kappa shape index (κ2) is 26.5. The Kier molecular flexibility index (Phi) is 31.9. The Morgan fingerprint density at radius 3 is 1.12 bits per heavy atom. The molecule has 0 atom stereocenters. The predicted octanol–water partition coefficient (Wildman–Crippen LogP) is 1.05. The van der Waals surface area contributed by atoms with Crippen molar-refractivity contribution in [2.75, 3.05) is 0 Å². The summed E-state index contributed by atoms with van der Waals surface area (Å²) in [5.74, 6) is -0.903. The zero-order valence-corrected chi connectivity index (χ0v) is 18.4. The topological polar surface area (TPSA) is 109 Å². The van der Waals surface area contributed by atoms with Crippen LogP contribution in [0.4, 0.5) is 0 Å². The summed E-state index contributed by atoms with van der Waals surface area (Å²) < 4.78 is 0. The molecule has 0 bridgehead atoms. The van der Waals surface area contributed by atoms with Crippen LogP contribution in [-0.4, -0.2) is 13.3 Å². The molecular weight excluding hydrogens is 398 g/mol. The zero-order chi connectivity index (χ0) is 18.5. The number of hydrogen-bond donors (Lipinski definition) is 0. The summed E-state index contributed by atoms with van der Waals surface area (Å²) in [6.07, 6.45) is 19.9. The van der Waals surface area contributed by atoms with Gasteiger partial charge in [-0.15, -0.1) is 0 Å². The molecule has 5 nitrogen and oxygen atoms in total. The number of hydrogen-bond acceptors (Lipinski definition) is 5. The molecule has 0 saturated heterocycles. The number of aliphatic carboxylic acids is 1. The summed E-state index contributed by atoms with van der Waals surface area (Å²) in [5, 5.41) is 35.5. The maximum absolute atomic E-state index is 10.2. The molecular formula is C18H35BO5Zr. The summed E-state index contributed by atoms with van der Waals surface area (Å²) in [6.45, 7) is 2.27. The van der Waals surface area contributed by atoms with Crippen LogP contribution in [0.5, 0.6) is 0 Å². The molecule has 0 aromatic rings. The van der Waals surface area contributed by atoms with Crippen LogP contribution >= 0.6 is 0 Å². The van der Waals surface area contributed by atoms with Crippen molar-refractivity contribution in [1.29, 1.82) is 0 Å². The number of unbranched alkanes of at least 4 members (excludes halogenated alkanes) is 14. The minimum absolute atomic E-state index is 0. The largest absolute Gasteiger partial charge is 4.00 e. The van der Waals surface area contributed by atoms with Gasteiger partial charge in [0.15, 0.2) is 0 Å². The summed E-state index contributed by atoms with van der Waals surface area (Å²) in [4.78, 5) is 10.2. The SMILES string of the molecule is CCCCCCCCCCCCCCCCCC(=O)[O-].[O-]B([O-])[O-].[Zr+4]. The fourth-order valence-electron chi connectivity index (χ4n) is 2.64. The van der Waals surface area contributed by atoms with Crippen molar-refractivity contribution < 1.29 is 51.2 Å². The van der Waals surface area contributed by atoms with Crippen molar-refractivity contribution in [3.63, 3.8) is 0 Å². The Balaban J connectivity index is -0.000000867. The normalized spacial score (nSPS) is 9.76. The number of rotatable bonds is 16. The van der Waals surface area contributed by atoms with E-state index in [1.807, 2.05) is 0 Å². The quantitative estimate of drug-likeness (QED) is 0.267. The van der Waals surface area contributed by atoms with Crippen LogP contribution in [0.1, 0.15) is 110 Å². The molecule has 0 aliphatic heterocycles. The number of carboxylic acid groups (broad SMARTS) is 1. The summed E-state index contributed by atoms with van der Waals surface area (Å²) in [5.41, 5.74) is 0. The van der Waals surface area contributed by atoms with Crippen LogP contribution in [0.15, 0.2) is 0 Å². The van der Waals surface area contributed by atoms with Gasteiger partial charge in [0, 0.05) is 5.97 Å². The molecule has 0 aliphatic rings. The van der Waals surface area contributed by atoms with E-state index in [1.54, 1.807) is 0 Å². The minimum Gasteiger partial charge on any atom is -0.907 e. The monoisotopic (exact) mass is 432 g/mol. The summed E-state index contributed by atoms with van der Waals surface area (Å²) in [6, 6.07) is 0. The number of carboxylic acids is 1. The van der Waals surface area contributed by atoms with E-state index in [-0.39, 0.29) is 32.6 Å². The van der Waals surface area contributed by atoms with Crippen molar-refractivity contribution in [2.24, 2.45) is 0 Å². The zero-order valence-electron chi connectivity index (χ0n) is 15.9. The standard InChI is InChI=1S/C18H36O2.BO3.Zr/c1-2-3-4-5-6-7-8-9-10-11-12-13-14-15-16-17-18(19)20;2-1(3)4;/h2-17H2,1H3,(H,19,20);;/q;-3;+4/p-1. The average Bonchev–Trinajstić information content (AvgIpc) is 2.50. The fraction of sp³-hybridized carbons (Fsp3) is 0.944. The van der Waals surface area contributed by atoms with Crippen LogP contribution in [0.2, 0.25) is 0 Å². The third-order valence-corrected chi connectivity index (χ3v) is 3.98. The van der Waals surface area contributed by atoms with Crippen LogP contribution < -0.4 is 20.2 Å². The first-order valence-electron chi connectivity index (χ1n) is 9.68. The molecule has 0 unspecified atom stereocenters. The van der Waals surface area contributed by atoms with E-state index in [1.165, 1.54) is 83.5 Å². The van der Waals surface area contributed by atoms with E-state index in [4.69, 9.17) is 15.1 Å². The van der Waals surface area contributed by atoms with E-state index in [0.717, 1.165) is 12.8 Å². The fourth-order valence-corrected chi connectivity index (χ4v) is 2.64. The first-order valence-corrected chi connectivity index (χ1v) is 9.68. The summed E-state index contributed by atoms with van der Waals surface area (Å²) >= 11 is 0. The molecule has 0 radical (unpaired) electrons. The smallest absolute Gasteiger partial charge is 0.907 e. The van der Waals surface area contributed by atoms with Gasteiger partial charge >= 0.3 is 26.2 Å². The van der Waals surface area contributed by atoms with Gasteiger partial charge in [-0.3, -0.25) is 7.32 Å². The van der Waals surface area contributed by atoms with Crippen molar-refractivity contribution in [1.82, 2.24) is 0 Å². The molecule has 0 amide bonds. The third kappa shape index (κ3) is 40.4. The van der Waals surface area contributed by atoms with Crippen molar-refractivity contribution in [3.05, 3.63) is 0 Å². The van der Waals surface area contributed by atoms with E-state index < -0.39 is 13.3 Å². The third-order valence-electron chi connectivity index (χ3n) is 3.98. The van der Waals surface area contributed by atoms with Gasteiger partial charge in [-0.2, -0.15) is 0 Å². The van der Waals surface area contributed by atoms with E-state index >= 15 is 0 Å². The molecule has 144 valence electrons. The van der Waals surface area contributed by atoms with E-state index in [9.17, 15) is 9.90 Å². The van der Waals surface area contributed by atoms with Gasteiger partial charge in [0.05, 0.1) is 0 Å². The molecule has 0 N–H and O–H groups in total. The van der Waals surface area contributed by atoms with Crippen LogP contribution in [-0.2, 0) is 31.0 Å². The van der Waals surface area contributed by atoms with Gasteiger partial charge in [-0.1, -0.05) is 96.8 Å². The van der Waals surface area contributed by atoms with Crippen molar-refractivity contribution >= 4 is 13.3 Å². The maximum Gasteiger partial charge on any atom is 4.00 e. The minimum atomic E-state index is -2.92. The van der Waals surface area contributed by atoms with Gasteiger partial charge in [-0.05, 0) is 12.8 Å². The second-order valence-corrected chi connectivity index (χ2v) is 6.36. The van der Waals surface area contributed by atoms with Gasteiger partial charge in [-0.25, -0.2) is 0 Å². The van der Waals surface area contributed by atoms with Crippen molar-refractivity contribution in [2.45, 2.75) is 110 Å². The molecule has 0 spiro atoms. The molecule has 0 aliphatic carbocycles. The van der Waals surface area contributed by atoms with E-state index in [2.05, 4.69) is 6.92 Å². The first kappa shape index (κ1) is 30.0. The Hall–Kier alpha value is 0.298. The Labute approximate surface area is 173 Å². The molecule has 7 heteroatoms. The average molecular weight is 434 g/mol. The van der Waals surface area contributed by atoms with Gasteiger partial charge in [0.1, 0.15) is 0 Å². The van der Waals surface area contributed by atoms with E-state index in [0.29, 0.717) is 0 Å². The maximum atomic E-state index is 10.2. The molecule has 0 aromatic heterocycles. The Morgan fingerprint density at radius 1 is 0.640 bits per heavy atom. The Morgan fingerprint density at radius 2 is 0.880 bits per heavy atom. The van der Waals surface area contributed by atoms with Crippen LogP contribution in [0, 0.1) is 0 Å². The molecule has 0 fully saturated rings. The van der Waals surface area contributed by atoms with Gasteiger partial charge in [0.2, 0.25) is 0 Å². The molecule has 0 aromatic carbocycles. The van der Waals surface area contributed by atoms with Crippen molar-refractivity contribution in [3.8, 4) is 0 Å². The number of carbonyl (C=O) groups excluding carboxylic acids is 1. The summed E-state index contributed by atoms with van der Waals surface area (Å²) in [7, 11) is -2.92. The van der Waals surface area contributed by atoms with Crippen LogP contribution in [0.25, 0.3) is 0 Å². The second-order valence-electron chi connectivity index (χ2n) is 6.36. The molecule has 0 saturated carbocycles. The van der Waals surface area contributed by atoms with Gasteiger partial charge in [0.25, 0.3) is 0 Å². The van der Waals surface area contributed by atoms with Gasteiger partial charge < -0.3 is 25.0 Å². The molecule has 0 rings (SSSR count). The predicted molar refractivity (Wildman–Crippen MR) is 90.3 cm³/mol. The molecule has 25 heavy (non-hydrogen) atoms. The number of carbonyl (C=O) groups is 1. The first-order chi connectivity index (χ1) is 11.5. The Bertz CT molecular complexity index is 253. The molecule has 0 heterocycles. The van der Waals surface area contributed by atoms with Crippen LogP contribution in [0.3, 0.4) is 0 Å².